The summed E-state index contributed by atoms with van der Waals surface area (Å²) in [6.07, 6.45) is 1.71. The van der Waals surface area contributed by atoms with E-state index in [0.717, 1.165) is 6.61 Å². The van der Waals surface area contributed by atoms with Crippen LogP contribution in [-0.4, -0.2) is 14.3 Å². The summed E-state index contributed by atoms with van der Waals surface area (Å²) in [5.41, 5.74) is 0. The van der Waals surface area contributed by atoms with E-state index in [1.54, 1.807) is 6.26 Å². The third-order valence-electron chi connectivity index (χ3n) is 0.520. The molecule has 0 fully saturated rings. The molecule has 0 N–H and O–H groups in total. The van der Waals surface area contributed by atoms with Crippen LogP contribution in [0, 0.1) is 0 Å². The summed E-state index contributed by atoms with van der Waals surface area (Å²) < 4.78 is 4.99. The molecule has 54 valence electrons. The Morgan fingerprint density at radius 2 is 2.00 bits per heavy atom. The van der Waals surface area contributed by atoms with Crippen molar-refractivity contribution in [3.63, 3.8) is 0 Å². The van der Waals surface area contributed by atoms with Gasteiger partial charge in [-0.1, -0.05) is 0 Å². The molecule has 9 heavy (non-hydrogen) atoms. The minimum atomic E-state index is -2.00. The van der Waals surface area contributed by atoms with Crippen LogP contribution in [0.25, 0.3) is 0 Å². The molecule has 0 aromatic rings. The summed E-state index contributed by atoms with van der Waals surface area (Å²) in [4.78, 5) is 1.99. The molecule has 0 radical (unpaired) electrons. The Balaban J connectivity index is 3.45. The molecule has 0 amide bonds. The zero-order chi connectivity index (χ0) is 7.33. The molecule has 0 aromatic heterocycles. The maximum atomic E-state index is 4.99. The Bertz CT molecular complexity index is 98.5. The van der Waals surface area contributed by atoms with Crippen molar-refractivity contribution in [2.24, 2.45) is 0 Å². The van der Waals surface area contributed by atoms with Crippen LogP contribution in [0.2, 0.25) is 0 Å². The van der Waals surface area contributed by atoms with Crippen LogP contribution >= 0.6 is 42.0 Å². The van der Waals surface area contributed by atoms with Crippen molar-refractivity contribution < 1.29 is 4.74 Å². The van der Waals surface area contributed by atoms with E-state index in [1.807, 2.05) is 11.8 Å². The van der Waals surface area contributed by atoms with Gasteiger partial charge in [0.2, 0.25) is 0 Å². The fourth-order valence-electron chi connectivity index (χ4n) is 0.221. The van der Waals surface area contributed by atoms with Crippen LogP contribution in [0.5, 0.6) is 0 Å². The van der Waals surface area contributed by atoms with Crippen LogP contribution in [0.15, 0.2) is 11.2 Å². The molecule has 1 nitrogen and oxygen atoms in total. The molecule has 0 saturated heterocycles. The topological polar surface area (TPSA) is 9.23 Å². The monoisotopic (exact) mass is 382 g/mol. The summed E-state index contributed by atoms with van der Waals surface area (Å²) in [5.74, 6) is 0. The molecule has 0 aromatic carbocycles. The van der Waals surface area contributed by atoms with E-state index in [-0.39, 0.29) is 0 Å². The van der Waals surface area contributed by atoms with E-state index >= 15 is 0 Å². The van der Waals surface area contributed by atoms with Gasteiger partial charge in [-0.15, -0.1) is 0 Å². The van der Waals surface area contributed by atoms with Crippen molar-refractivity contribution in [1.82, 2.24) is 0 Å². The van der Waals surface area contributed by atoms with Gasteiger partial charge in [0.15, 0.2) is 0 Å². The van der Waals surface area contributed by atoms with Gasteiger partial charge in [-0.2, -0.15) is 0 Å². The van der Waals surface area contributed by atoms with E-state index in [0.29, 0.717) is 0 Å². The second-order valence-electron chi connectivity index (χ2n) is 1.30. The second-order valence-corrected chi connectivity index (χ2v) is 40.4. The summed E-state index contributed by atoms with van der Waals surface area (Å²) >= 11 is 10.4. The summed E-state index contributed by atoms with van der Waals surface area (Å²) in [6, 6.07) is 0. The first-order chi connectivity index (χ1) is 4.06. The van der Waals surface area contributed by atoms with Crippen LogP contribution in [0.1, 0.15) is 6.92 Å². The standard InChI is InChI=1S/C4H7Br3GeO/c1-2-9-4-3-8(5,6)7/h3-4H,2H2,1H3/b4-3+. The molecule has 0 unspecified atom stereocenters. The molecule has 0 spiro atoms. The van der Waals surface area contributed by atoms with E-state index in [1.165, 1.54) is 0 Å². The van der Waals surface area contributed by atoms with Gasteiger partial charge in [-0.3, -0.25) is 0 Å². The quantitative estimate of drug-likeness (QED) is 0.537. The third-order valence-corrected chi connectivity index (χ3v) is 5.72. The minimum absolute atomic E-state index is 0.724. The van der Waals surface area contributed by atoms with Gasteiger partial charge in [0.25, 0.3) is 0 Å². The average molecular weight is 383 g/mol. The zero-order valence-electron chi connectivity index (χ0n) is 4.90. The van der Waals surface area contributed by atoms with E-state index < -0.39 is 7.74 Å². The molecule has 0 aliphatic rings. The predicted molar refractivity (Wildman–Crippen MR) is 53.3 cm³/mol. The summed E-state index contributed by atoms with van der Waals surface area (Å²) in [5, 5.41) is 0. The first-order valence-corrected chi connectivity index (χ1v) is 18.4. The Morgan fingerprint density at radius 3 is 2.33 bits per heavy atom. The summed E-state index contributed by atoms with van der Waals surface area (Å²) in [7, 11) is -2.00. The fraction of sp³-hybridized carbons (Fsp3) is 0.500. The Morgan fingerprint density at radius 1 is 1.44 bits per heavy atom. The van der Waals surface area contributed by atoms with Crippen molar-refractivity contribution >= 4 is 49.8 Å². The Hall–Kier alpha value is 1.52. The molecule has 0 saturated carbocycles. The zero-order valence-corrected chi connectivity index (χ0v) is 11.8. The van der Waals surface area contributed by atoms with Crippen LogP contribution in [0.4, 0.5) is 0 Å². The molecular weight excluding hydrogens is 376 g/mol. The van der Waals surface area contributed by atoms with Crippen molar-refractivity contribution in [2.45, 2.75) is 6.92 Å². The number of hydrogen-bond donors (Lipinski definition) is 0. The molecule has 0 rings (SSSR count). The van der Waals surface area contributed by atoms with Crippen molar-refractivity contribution in [2.75, 3.05) is 6.61 Å². The van der Waals surface area contributed by atoms with E-state index in [9.17, 15) is 0 Å². The second kappa shape index (κ2) is 5.21. The first kappa shape index (κ1) is 10.5. The molecule has 0 heterocycles. The summed E-state index contributed by atoms with van der Waals surface area (Å²) in [6.45, 7) is 2.68. The van der Waals surface area contributed by atoms with Gasteiger partial charge in [0.1, 0.15) is 0 Å². The van der Waals surface area contributed by atoms with Crippen LogP contribution < -0.4 is 0 Å². The first-order valence-electron chi connectivity index (χ1n) is 2.42. The fourth-order valence-corrected chi connectivity index (χ4v) is 2.43. The van der Waals surface area contributed by atoms with Crippen LogP contribution in [-0.2, 0) is 4.74 Å². The van der Waals surface area contributed by atoms with Crippen LogP contribution in [0.3, 0.4) is 0 Å². The maximum absolute atomic E-state index is 4.99. The van der Waals surface area contributed by atoms with Crippen molar-refractivity contribution in [3.05, 3.63) is 11.2 Å². The molecule has 0 atom stereocenters. The molecule has 0 aliphatic carbocycles. The van der Waals surface area contributed by atoms with Gasteiger partial charge in [-0.25, -0.2) is 0 Å². The van der Waals surface area contributed by atoms with Crippen molar-refractivity contribution in [3.8, 4) is 0 Å². The Labute approximate surface area is 78.4 Å². The molecule has 0 aliphatic heterocycles. The number of halogens is 3. The SMILES string of the molecule is CCO/C=[CH]/[Ge]([Br])([Br])[Br]. The molecule has 5 heteroatoms. The molecule has 0 bridgehead atoms. The van der Waals surface area contributed by atoms with E-state index in [4.69, 9.17) is 4.74 Å². The van der Waals surface area contributed by atoms with Crippen molar-refractivity contribution in [1.29, 1.82) is 0 Å². The predicted octanol–water partition coefficient (Wildman–Crippen LogP) is 3.20. The molecular formula is C4H7Br3GeO. The number of ether oxygens (including phenoxy) is 1. The van der Waals surface area contributed by atoms with Gasteiger partial charge >= 0.3 is 79.2 Å². The third kappa shape index (κ3) is 9.52. The van der Waals surface area contributed by atoms with Gasteiger partial charge in [0.05, 0.1) is 0 Å². The van der Waals surface area contributed by atoms with Gasteiger partial charge < -0.3 is 0 Å². The Kier molecular flexibility index (Phi) is 6.09. The van der Waals surface area contributed by atoms with E-state index in [2.05, 4.69) is 42.0 Å². The van der Waals surface area contributed by atoms with Gasteiger partial charge in [-0.05, 0) is 0 Å². The van der Waals surface area contributed by atoms with Gasteiger partial charge in [0, 0.05) is 0 Å². The number of hydrogen-bond acceptors (Lipinski definition) is 1. The number of rotatable bonds is 3. The normalized spacial score (nSPS) is 12.4. The average Bonchev–Trinajstić information content (AvgIpc) is 1.63.